The van der Waals surface area contributed by atoms with Crippen LogP contribution in [-0.4, -0.2) is 23.8 Å². The summed E-state index contributed by atoms with van der Waals surface area (Å²) in [5.41, 5.74) is 1.41. The van der Waals surface area contributed by atoms with Gasteiger partial charge in [-0.05, 0) is 37.6 Å². The van der Waals surface area contributed by atoms with Gasteiger partial charge in [-0.15, -0.1) is 0 Å². The fraction of sp³-hybridized carbons (Fsp3) is 0.211. The lowest BCUT2D eigenvalue weighted by molar-refractivity contribution is -0.152. The van der Waals surface area contributed by atoms with Gasteiger partial charge in [0.2, 0.25) is 0 Å². The molecule has 130 valence electrons. The van der Waals surface area contributed by atoms with Gasteiger partial charge in [0, 0.05) is 10.6 Å². The largest absolute Gasteiger partial charge is 0.452 e. The first-order chi connectivity index (χ1) is 11.9. The second-order valence-electron chi connectivity index (χ2n) is 5.49. The molecule has 0 radical (unpaired) electrons. The maximum atomic E-state index is 12.2. The summed E-state index contributed by atoms with van der Waals surface area (Å²) in [6, 6.07) is 13.6. The van der Waals surface area contributed by atoms with Gasteiger partial charge in [0.05, 0.1) is 12.1 Å². The Morgan fingerprint density at radius 1 is 1.08 bits per heavy atom. The minimum atomic E-state index is -1.00. The SMILES string of the molecule is CC(=O)c1ccccc1NC(=O)[C@H](C)OC(=O)Cc1ccccc1Cl. The second kappa shape index (κ2) is 8.44. The highest BCUT2D eigenvalue weighted by atomic mass is 35.5. The van der Waals surface area contributed by atoms with Crippen molar-refractivity contribution in [3.8, 4) is 0 Å². The first-order valence-corrected chi connectivity index (χ1v) is 8.10. The molecule has 0 aliphatic rings. The van der Waals surface area contributed by atoms with Crippen LogP contribution in [-0.2, 0) is 20.7 Å². The summed E-state index contributed by atoms with van der Waals surface area (Å²) in [5, 5.41) is 3.07. The zero-order valence-electron chi connectivity index (χ0n) is 13.9. The van der Waals surface area contributed by atoms with E-state index in [-0.39, 0.29) is 12.2 Å². The average molecular weight is 360 g/mol. The van der Waals surface area contributed by atoms with Crippen molar-refractivity contribution in [1.82, 2.24) is 0 Å². The van der Waals surface area contributed by atoms with Crippen LogP contribution in [0.15, 0.2) is 48.5 Å². The van der Waals surface area contributed by atoms with E-state index in [1.165, 1.54) is 13.8 Å². The number of esters is 1. The van der Waals surface area contributed by atoms with E-state index in [1.807, 2.05) is 0 Å². The molecule has 0 aliphatic heterocycles. The summed E-state index contributed by atoms with van der Waals surface area (Å²) >= 11 is 6.00. The van der Waals surface area contributed by atoms with E-state index in [2.05, 4.69) is 5.32 Å². The highest BCUT2D eigenvalue weighted by molar-refractivity contribution is 6.31. The fourth-order valence-corrected chi connectivity index (χ4v) is 2.43. The molecule has 1 atom stereocenters. The van der Waals surface area contributed by atoms with Crippen molar-refractivity contribution in [3.05, 3.63) is 64.7 Å². The molecule has 1 N–H and O–H groups in total. The van der Waals surface area contributed by atoms with Crippen molar-refractivity contribution in [2.24, 2.45) is 0 Å². The molecule has 0 aliphatic carbocycles. The summed E-state index contributed by atoms with van der Waals surface area (Å²) in [4.78, 5) is 35.8. The molecule has 0 heterocycles. The molecule has 0 spiro atoms. The molecule has 0 aromatic heterocycles. The fourth-order valence-electron chi connectivity index (χ4n) is 2.22. The number of carbonyl (C=O) groups is 3. The molecule has 6 heteroatoms. The number of ether oxygens (including phenoxy) is 1. The highest BCUT2D eigenvalue weighted by Crippen LogP contribution is 2.18. The molecule has 0 bridgehead atoms. The number of hydrogen-bond donors (Lipinski definition) is 1. The van der Waals surface area contributed by atoms with Gasteiger partial charge in [0.1, 0.15) is 0 Å². The standard InChI is InChI=1S/C19H18ClNO4/c1-12(22)15-8-4-6-10-17(15)21-19(24)13(2)25-18(23)11-14-7-3-5-9-16(14)20/h3-10,13H,11H2,1-2H3,(H,21,24)/t13-/m0/s1. The third-order valence-electron chi connectivity index (χ3n) is 3.53. The quantitative estimate of drug-likeness (QED) is 0.631. The second-order valence-corrected chi connectivity index (χ2v) is 5.90. The Bertz CT molecular complexity index is 804. The molecule has 25 heavy (non-hydrogen) atoms. The molecule has 5 nitrogen and oxygen atoms in total. The van der Waals surface area contributed by atoms with Gasteiger partial charge in [-0.2, -0.15) is 0 Å². The van der Waals surface area contributed by atoms with Crippen molar-refractivity contribution in [3.63, 3.8) is 0 Å². The molecule has 1 amide bonds. The number of halogens is 1. The maximum absolute atomic E-state index is 12.2. The Labute approximate surface area is 150 Å². The van der Waals surface area contributed by atoms with Gasteiger partial charge in [-0.1, -0.05) is 41.9 Å². The third-order valence-corrected chi connectivity index (χ3v) is 3.90. The Morgan fingerprint density at radius 3 is 2.40 bits per heavy atom. The number of ketones is 1. The molecule has 2 rings (SSSR count). The highest BCUT2D eigenvalue weighted by Gasteiger charge is 2.20. The van der Waals surface area contributed by atoms with E-state index in [9.17, 15) is 14.4 Å². The van der Waals surface area contributed by atoms with E-state index in [0.29, 0.717) is 21.8 Å². The summed E-state index contributed by atoms with van der Waals surface area (Å²) in [5.74, 6) is -1.24. The minimum absolute atomic E-state index is 0.0265. The van der Waals surface area contributed by atoms with Gasteiger partial charge in [-0.3, -0.25) is 14.4 Å². The van der Waals surface area contributed by atoms with Crippen LogP contribution in [0.1, 0.15) is 29.8 Å². The molecule has 2 aromatic carbocycles. The van der Waals surface area contributed by atoms with Gasteiger partial charge in [-0.25, -0.2) is 0 Å². The smallest absolute Gasteiger partial charge is 0.311 e. The van der Waals surface area contributed by atoms with Crippen LogP contribution in [0.4, 0.5) is 5.69 Å². The van der Waals surface area contributed by atoms with Crippen molar-refractivity contribution in [2.75, 3.05) is 5.32 Å². The molecule has 0 unspecified atom stereocenters. The lowest BCUT2D eigenvalue weighted by atomic mass is 10.1. The van der Waals surface area contributed by atoms with E-state index in [0.717, 1.165) is 0 Å². The van der Waals surface area contributed by atoms with Crippen LogP contribution >= 0.6 is 11.6 Å². The van der Waals surface area contributed by atoms with Crippen LogP contribution in [0, 0.1) is 0 Å². The predicted octanol–water partition coefficient (Wildman–Crippen LogP) is 3.66. The number of para-hydroxylation sites is 1. The van der Waals surface area contributed by atoms with Gasteiger partial charge in [0.25, 0.3) is 5.91 Å². The van der Waals surface area contributed by atoms with Crippen molar-refractivity contribution in [2.45, 2.75) is 26.4 Å². The van der Waals surface area contributed by atoms with Gasteiger partial charge < -0.3 is 10.1 Å². The monoisotopic (exact) mass is 359 g/mol. The zero-order chi connectivity index (χ0) is 18.4. The van der Waals surface area contributed by atoms with Crippen LogP contribution < -0.4 is 5.32 Å². The van der Waals surface area contributed by atoms with Gasteiger partial charge in [0.15, 0.2) is 11.9 Å². The number of rotatable bonds is 6. The van der Waals surface area contributed by atoms with E-state index in [4.69, 9.17) is 16.3 Å². The van der Waals surface area contributed by atoms with Gasteiger partial charge >= 0.3 is 5.97 Å². The van der Waals surface area contributed by atoms with Crippen molar-refractivity contribution >= 4 is 34.9 Å². The Hall–Kier alpha value is -2.66. The Kier molecular flexibility index (Phi) is 6.31. The molecule has 0 saturated heterocycles. The summed E-state index contributed by atoms with van der Waals surface area (Å²) in [7, 11) is 0. The number of nitrogens with one attached hydrogen (secondary N) is 1. The van der Waals surface area contributed by atoms with Crippen molar-refractivity contribution < 1.29 is 19.1 Å². The number of benzene rings is 2. The average Bonchev–Trinajstić information content (AvgIpc) is 2.57. The predicted molar refractivity (Wildman–Crippen MR) is 95.8 cm³/mol. The molecular formula is C19H18ClNO4. The molecule has 0 saturated carbocycles. The normalized spacial score (nSPS) is 11.5. The number of amides is 1. The summed E-state index contributed by atoms with van der Waals surface area (Å²) in [6.07, 6.45) is -1.03. The molecule has 0 fully saturated rings. The topological polar surface area (TPSA) is 72.5 Å². The number of carbonyl (C=O) groups excluding carboxylic acids is 3. The third kappa shape index (κ3) is 5.16. The van der Waals surface area contributed by atoms with Crippen LogP contribution in [0.25, 0.3) is 0 Å². The minimum Gasteiger partial charge on any atom is -0.452 e. The van der Waals surface area contributed by atoms with Crippen LogP contribution in [0.5, 0.6) is 0 Å². The Balaban J connectivity index is 1.98. The van der Waals surface area contributed by atoms with E-state index >= 15 is 0 Å². The zero-order valence-corrected chi connectivity index (χ0v) is 14.7. The Morgan fingerprint density at radius 2 is 1.72 bits per heavy atom. The first-order valence-electron chi connectivity index (χ1n) is 7.72. The lowest BCUT2D eigenvalue weighted by Crippen LogP contribution is -2.31. The summed E-state index contributed by atoms with van der Waals surface area (Å²) < 4.78 is 5.15. The lowest BCUT2D eigenvalue weighted by Gasteiger charge is -2.15. The molecular weight excluding hydrogens is 342 g/mol. The van der Waals surface area contributed by atoms with E-state index in [1.54, 1.807) is 48.5 Å². The molecule has 2 aromatic rings. The number of anilines is 1. The maximum Gasteiger partial charge on any atom is 0.311 e. The number of hydrogen-bond acceptors (Lipinski definition) is 4. The number of Topliss-reactive ketones (excluding diaryl/α,β-unsaturated/α-hetero) is 1. The van der Waals surface area contributed by atoms with Crippen molar-refractivity contribution in [1.29, 1.82) is 0 Å². The van der Waals surface area contributed by atoms with E-state index < -0.39 is 18.0 Å². The van der Waals surface area contributed by atoms with Crippen LogP contribution in [0.3, 0.4) is 0 Å². The van der Waals surface area contributed by atoms with Crippen LogP contribution in [0.2, 0.25) is 5.02 Å². The summed E-state index contributed by atoms with van der Waals surface area (Å²) in [6.45, 7) is 2.88. The first kappa shape index (κ1) is 18.7.